The van der Waals surface area contributed by atoms with Crippen LogP contribution < -0.4 is 0 Å². The fourth-order valence-electron chi connectivity index (χ4n) is 1.43. The highest BCUT2D eigenvalue weighted by Gasteiger charge is 2.18. The van der Waals surface area contributed by atoms with Gasteiger partial charge in [0, 0.05) is 20.7 Å². The van der Waals surface area contributed by atoms with E-state index in [1.165, 1.54) is 6.26 Å². The first-order valence-corrected chi connectivity index (χ1v) is 5.90. The van der Waals surface area contributed by atoms with E-state index in [-0.39, 0.29) is 10.7 Å². The van der Waals surface area contributed by atoms with E-state index in [9.17, 15) is 4.79 Å². The quantitative estimate of drug-likeness (QED) is 0.780. The Balaban J connectivity index is 2.58. The van der Waals surface area contributed by atoms with Crippen molar-refractivity contribution in [2.45, 2.75) is 11.8 Å². The number of rotatable bonds is 5. The molecule has 1 unspecified atom stereocenters. The van der Waals surface area contributed by atoms with Gasteiger partial charge in [-0.25, -0.2) is 0 Å². The van der Waals surface area contributed by atoms with E-state index in [1.54, 1.807) is 32.0 Å². The Bertz CT molecular complexity index is 351. The van der Waals surface area contributed by atoms with Gasteiger partial charge in [0.15, 0.2) is 0 Å². The molecule has 0 bridgehead atoms. The van der Waals surface area contributed by atoms with Crippen LogP contribution in [0, 0.1) is 6.92 Å². The van der Waals surface area contributed by atoms with Crippen LogP contribution >= 0.6 is 15.9 Å². The highest BCUT2D eigenvalue weighted by Crippen LogP contribution is 2.12. The van der Waals surface area contributed by atoms with Crippen molar-refractivity contribution >= 4 is 21.8 Å². The zero-order valence-corrected chi connectivity index (χ0v) is 11.3. The normalized spacial score (nSPS) is 12.5. The number of carbonyl (C=O) groups is 1. The van der Waals surface area contributed by atoms with Crippen LogP contribution in [0.1, 0.15) is 16.1 Å². The molecule has 0 saturated carbocycles. The molecule has 5 heteroatoms. The molecule has 90 valence electrons. The number of aryl methyl sites for hydroxylation is 1. The Kier molecular flexibility index (Phi) is 5.02. The topological polar surface area (TPSA) is 42.7 Å². The van der Waals surface area contributed by atoms with E-state index < -0.39 is 0 Å². The number of methoxy groups -OCH3 is 1. The zero-order valence-electron chi connectivity index (χ0n) is 9.70. The molecule has 0 aliphatic carbocycles. The van der Waals surface area contributed by atoms with E-state index in [1.807, 2.05) is 0 Å². The van der Waals surface area contributed by atoms with Crippen molar-refractivity contribution in [3.8, 4) is 0 Å². The maximum absolute atomic E-state index is 12.0. The van der Waals surface area contributed by atoms with Crippen molar-refractivity contribution in [2.24, 2.45) is 0 Å². The Hall–Kier alpha value is -0.810. The van der Waals surface area contributed by atoms with Gasteiger partial charge in [0.1, 0.15) is 5.76 Å². The third kappa shape index (κ3) is 3.35. The number of halogens is 1. The number of furan rings is 1. The molecule has 0 spiro atoms. The fraction of sp³-hybridized carbons (Fsp3) is 0.545. The van der Waals surface area contributed by atoms with E-state index in [0.717, 1.165) is 0 Å². The van der Waals surface area contributed by atoms with E-state index in [2.05, 4.69) is 15.9 Å². The monoisotopic (exact) mass is 289 g/mol. The minimum Gasteiger partial charge on any atom is -0.469 e. The number of nitrogens with zero attached hydrogens (tertiary/aromatic N) is 1. The maximum Gasteiger partial charge on any atom is 0.257 e. The Morgan fingerprint density at radius 2 is 2.38 bits per heavy atom. The van der Waals surface area contributed by atoms with Gasteiger partial charge in [0.05, 0.1) is 23.3 Å². The Morgan fingerprint density at radius 1 is 1.69 bits per heavy atom. The zero-order chi connectivity index (χ0) is 12.1. The number of ether oxygens (including phenoxy) is 1. The summed E-state index contributed by atoms with van der Waals surface area (Å²) in [7, 11) is 3.40. The summed E-state index contributed by atoms with van der Waals surface area (Å²) in [5, 5.41) is 0. The third-order valence-electron chi connectivity index (χ3n) is 2.26. The summed E-state index contributed by atoms with van der Waals surface area (Å²) in [6.45, 7) is 2.95. The molecule has 16 heavy (non-hydrogen) atoms. The number of carbonyl (C=O) groups excluding carboxylic acids is 1. The van der Waals surface area contributed by atoms with Gasteiger partial charge >= 0.3 is 0 Å². The average molecular weight is 290 g/mol. The van der Waals surface area contributed by atoms with E-state index in [4.69, 9.17) is 9.15 Å². The minimum absolute atomic E-state index is 0.0354. The number of alkyl halides is 1. The molecule has 4 nitrogen and oxygen atoms in total. The summed E-state index contributed by atoms with van der Waals surface area (Å²) in [6.07, 6.45) is 1.52. The number of hydrogen-bond acceptors (Lipinski definition) is 3. The number of hydrogen-bond donors (Lipinski definition) is 0. The molecule has 0 fully saturated rings. The molecule has 0 aliphatic rings. The summed E-state index contributed by atoms with van der Waals surface area (Å²) in [6, 6.07) is 1.69. The maximum atomic E-state index is 12.0. The first-order chi connectivity index (χ1) is 7.56. The van der Waals surface area contributed by atoms with Crippen LogP contribution in [0.3, 0.4) is 0 Å². The standard InChI is InChI=1S/C11H16BrNO3/c1-8-10(4-5-16-8)11(14)13(2)6-9(12)7-15-3/h4-5,9H,6-7H2,1-3H3. The van der Waals surface area contributed by atoms with Crippen molar-refractivity contribution in [3.05, 3.63) is 23.7 Å². The molecular formula is C11H16BrNO3. The van der Waals surface area contributed by atoms with Crippen LogP contribution in [-0.2, 0) is 4.74 Å². The molecule has 0 radical (unpaired) electrons. The van der Waals surface area contributed by atoms with Gasteiger partial charge in [-0.1, -0.05) is 15.9 Å². The second-order valence-electron chi connectivity index (χ2n) is 3.63. The van der Waals surface area contributed by atoms with Crippen LogP contribution in [0.2, 0.25) is 0 Å². The molecule has 1 atom stereocenters. The Morgan fingerprint density at radius 3 is 2.88 bits per heavy atom. The summed E-state index contributed by atoms with van der Waals surface area (Å²) < 4.78 is 10.1. The van der Waals surface area contributed by atoms with E-state index >= 15 is 0 Å². The lowest BCUT2D eigenvalue weighted by atomic mass is 10.2. The molecule has 1 aromatic heterocycles. The fourth-order valence-corrected chi connectivity index (χ4v) is 2.12. The second kappa shape index (κ2) is 6.06. The highest BCUT2D eigenvalue weighted by atomic mass is 79.9. The van der Waals surface area contributed by atoms with Crippen LogP contribution in [0.4, 0.5) is 0 Å². The largest absolute Gasteiger partial charge is 0.469 e. The lowest BCUT2D eigenvalue weighted by molar-refractivity contribution is 0.0782. The molecule has 0 aliphatic heterocycles. The molecule has 0 saturated heterocycles. The van der Waals surface area contributed by atoms with Crippen molar-refractivity contribution in [1.29, 1.82) is 0 Å². The lowest BCUT2D eigenvalue weighted by Crippen LogP contribution is -2.33. The van der Waals surface area contributed by atoms with Crippen LogP contribution in [0.5, 0.6) is 0 Å². The van der Waals surface area contributed by atoms with Crippen LogP contribution in [0.25, 0.3) is 0 Å². The number of amides is 1. The van der Waals surface area contributed by atoms with Crippen LogP contribution in [0.15, 0.2) is 16.7 Å². The summed E-state index contributed by atoms with van der Waals surface area (Å²) in [5.41, 5.74) is 0.611. The first-order valence-electron chi connectivity index (χ1n) is 4.98. The summed E-state index contributed by atoms with van der Waals surface area (Å²) in [5.74, 6) is 0.613. The molecule has 0 aromatic carbocycles. The molecule has 1 amide bonds. The highest BCUT2D eigenvalue weighted by molar-refractivity contribution is 9.09. The Labute approximate surface area is 104 Å². The lowest BCUT2D eigenvalue weighted by Gasteiger charge is -2.19. The van der Waals surface area contributed by atoms with Gasteiger partial charge < -0.3 is 14.1 Å². The van der Waals surface area contributed by atoms with E-state index in [0.29, 0.717) is 24.5 Å². The SMILES string of the molecule is COCC(Br)CN(C)C(=O)c1ccoc1C. The predicted octanol–water partition coefficient (Wildman–Crippen LogP) is 2.07. The van der Waals surface area contributed by atoms with Crippen molar-refractivity contribution in [3.63, 3.8) is 0 Å². The van der Waals surface area contributed by atoms with Crippen molar-refractivity contribution in [1.82, 2.24) is 4.90 Å². The second-order valence-corrected chi connectivity index (χ2v) is 4.92. The molecular weight excluding hydrogens is 274 g/mol. The van der Waals surface area contributed by atoms with Gasteiger partial charge in [-0.15, -0.1) is 0 Å². The smallest absolute Gasteiger partial charge is 0.257 e. The summed E-state index contributed by atoms with van der Waals surface area (Å²) in [4.78, 5) is 13.8. The van der Waals surface area contributed by atoms with Crippen LogP contribution in [-0.4, -0.2) is 42.9 Å². The van der Waals surface area contributed by atoms with Crippen molar-refractivity contribution < 1.29 is 13.9 Å². The molecule has 1 rings (SSSR count). The molecule has 0 N–H and O–H groups in total. The average Bonchev–Trinajstić information content (AvgIpc) is 2.63. The van der Waals surface area contributed by atoms with Gasteiger partial charge in [-0.2, -0.15) is 0 Å². The predicted molar refractivity (Wildman–Crippen MR) is 65.0 cm³/mol. The van der Waals surface area contributed by atoms with Gasteiger partial charge in [0.25, 0.3) is 5.91 Å². The van der Waals surface area contributed by atoms with Gasteiger partial charge in [-0.3, -0.25) is 4.79 Å². The molecule has 1 aromatic rings. The van der Waals surface area contributed by atoms with Gasteiger partial charge in [0.2, 0.25) is 0 Å². The first kappa shape index (κ1) is 13.3. The molecule has 1 heterocycles. The van der Waals surface area contributed by atoms with Crippen molar-refractivity contribution in [2.75, 3.05) is 27.3 Å². The third-order valence-corrected chi connectivity index (χ3v) is 2.81. The minimum atomic E-state index is -0.0354. The van der Waals surface area contributed by atoms with Gasteiger partial charge in [-0.05, 0) is 13.0 Å². The summed E-state index contributed by atoms with van der Waals surface area (Å²) >= 11 is 3.45.